The highest BCUT2D eigenvalue weighted by Crippen LogP contribution is 2.44. The average Bonchev–Trinajstić information content (AvgIpc) is 4.26. The topological polar surface area (TPSA) is 140 Å². The van der Waals surface area contributed by atoms with Crippen molar-refractivity contribution in [3.05, 3.63) is 157 Å². The zero-order chi connectivity index (χ0) is 54.0. The molecule has 1 amide bonds. The van der Waals surface area contributed by atoms with Crippen molar-refractivity contribution in [1.29, 1.82) is 0 Å². The fourth-order valence-electron chi connectivity index (χ4n) is 10.0. The quantitative estimate of drug-likeness (QED) is 0.0657. The van der Waals surface area contributed by atoms with Crippen LogP contribution in [0.2, 0.25) is 51.4 Å². The number of nitrogens with one attached hydrogen (secondary N) is 1. The van der Waals surface area contributed by atoms with Gasteiger partial charge in [0.15, 0.2) is 5.65 Å². The minimum absolute atomic E-state index is 0.00385. The van der Waals surface area contributed by atoms with Gasteiger partial charge >= 0.3 is 0 Å². The van der Waals surface area contributed by atoms with Crippen LogP contribution in [-0.2, 0) is 36.8 Å². The number of ether oxygens (including phenoxy) is 4. The number of carbonyl (C=O) groups is 1. The average molecular weight is 1070 g/mol. The first kappa shape index (κ1) is 52.8. The Balaban J connectivity index is 0.000000175. The summed E-state index contributed by atoms with van der Waals surface area (Å²) in [6.45, 7) is 16.8. The number of imidazole rings is 1. The molecule has 0 bridgehead atoms. The summed E-state index contributed by atoms with van der Waals surface area (Å²) in [6.07, 6.45) is 12.2. The first-order chi connectivity index (χ1) is 37.1. The van der Waals surface area contributed by atoms with Crippen LogP contribution in [0.3, 0.4) is 0 Å². The van der Waals surface area contributed by atoms with E-state index in [-0.39, 0.29) is 24.7 Å². The normalized spacial score (nSPS) is 15.1. The monoisotopic (exact) mass is 1070 g/mol. The highest BCUT2D eigenvalue weighted by Gasteiger charge is 2.40. The summed E-state index contributed by atoms with van der Waals surface area (Å²) in [4.78, 5) is 34.3. The minimum Gasteiger partial charge on any atom is -0.497 e. The van der Waals surface area contributed by atoms with Gasteiger partial charge in [0.2, 0.25) is 0 Å². The van der Waals surface area contributed by atoms with Crippen LogP contribution in [0.4, 0.5) is 0 Å². The van der Waals surface area contributed by atoms with Crippen molar-refractivity contribution >= 4 is 66.9 Å². The SMILES string of the molecule is COc1ccc2c(c1)c(-c1cc3nc(CNC(=O)c4ccccc4)cnc3n1COCC[Si](C)(C)C)cn2C.COc1ccc2c(c1)c(C1=CC3C(N=Cc4cnc(-c5ccccc5)n43)N1COCC[Si](C)(C)C)cn2C. The molecule has 7 heterocycles. The summed E-state index contributed by atoms with van der Waals surface area (Å²) in [7, 11) is 5.12. The molecule has 1 N–H and O–H groups in total. The highest BCUT2D eigenvalue weighted by atomic mass is 28.3. The van der Waals surface area contributed by atoms with Gasteiger partial charge in [0.1, 0.15) is 42.5 Å². The lowest BCUT2D eigenvalue weighted by molar-refractivity contribution is 0.0471. The van der Waals surface area contributed by atoms with Gasteiger partial charge in [0.05, 0.1) is 56.3 Å². The number of nitrogens with zero attached hydrogens (tertiary/aromatic N) is 9. The molecular weight excluding hydrogens is 997 g/mol. The van der Waals surface area contributed by atoms with Crippen molar-refractivity contribution in [2.24, 2.45) is 19.1 Å². The third-order valence-corrected chi connectivity index (χ3v) is 17.7. The number of rotatable bonds is 18. The first-order valence-electron chi connectivity index (χ1n) is 26.3. The fraction of sp³-hybridized carbons (Fsp3) is 0.317. The summed E-state index contributed by atoms with van der Waals surface area (Å²) < 4.78 is 32.3. The predicted molar refractivity (Wildman–Crippen MR) is 314 cm³/mol. The van der Waals surface area contributed by atoms with Crippen LogP contribution in [0.1, 0.15) is 33.4 Å². The fourth-order valence-corrected chi connectivity index (χ4v) is 11.5. The van der Waals surface area contributed by atoms with Gasteiger partial charge in [-0.25, -0.2) is 15.0 Å². The molecule has 15 nitrogen and oxygen atoms in total. The second-order valence-corrected chi connectivity index (χ2v) is 33.5. The highest BCUT2D eigenvalue weighted by molar-refractivity contribution is 6.76. The number of hydrogen-bond donors (Lipinski definition) is 1. The number of amides is 1. The van der Waals surface area contributed by atoms with Crippen molar-refractivity contribution in [3.8, 4) is 34.1 Å². The summed E-state index contributed by atoms with van der Waals surface area (Å²) >= 11 is 0. The second kappa shape index (κ2) is 22.2. The zero-order valence-corrected chi connectivity index (χ0v) is 47.9. The number of methoxy groups -OCH3 is 2. The van der Waals surface area contributed by atoms with Crippen LogP contribution < -0.4 is 14.8 Å². The number of benzene rings is 4. The van der Waals surface area contributed by atoms with E-state index >= 15 is 0 Å². The van der Waals surface area contributed by atoms with Crippen LogP contribution in [0.5, 0.6) is 11.5 Å². The molecule has 2 unspecified atom stereocenters. The van der Waals surface area contributed by atoms with E-state index in [4.69, 9.17) is 38.9 Å². The summed E-state index contributed by atoms with van der Waals surface area (Å²) in [5.74, 6) is 2.46. The maximum Gasteiger partial charge on any atom is 0.251 e. The molecule has 5 aromatic heterocycles. The Hall–Kier alpha value is -7.58. The van der Waals surface area contributed by atoms with E-state index in [1.807, 2.05) is 55.9 Å². The molecule has 77 heavy (non-hydrogen) atoms. The lowest BCUT2D eigenvalue weighted by atomic mass is 10.1. The Morgan fingerprint density at radius 1 is 0.701 bits per heavy atom. The smallest absolute Gasteiger partial charge is 0.251 e. The second-order valence-electron chi connectivity index (χ2n) is 22.3. The number of aromatic nitrogens is 7. The maximum atomic E-state index is 12.5. The van der Waals surface area contributed by atoms with E-state index in [1.54, 1.807) is 32.5 Å². The molecule has 0 saturated heterocycles. The molecular formula is C60H70N10O5Si2. The molecule has 17 heteroatoms. The molecule has 0 radical (unpaired) electrons. The van der Waals surface area contributed by atoms with Gasteiger partial charge in [-0.3, -0.25) is 14.4 Å². The van der Waals surface area contributed by atoms with Crippen LogP contribution in [0.15, 0.2) is 139 Å². The number of fused-ring (bicyclic) bond motifs is 6. The number of carbonyl (C=O) groups excluding carboxylic acids is 1. The third-order valence-electron chi connectivity index (χ3n) is 14.3. The molecule has 9 aromatic rings. The van der Waals surface area contributed by atoms with Gasteiger partial charge in [-0.1, -0.05) is 87.8 Å². The van der Waals surface area contributed by atoms with Crippen molar-refractivity contribution < 1.29 is 23.7 Å². The number of aryl methyl sites for hydroxylation is 2. The molecule has 398 valence electrons. The first-order valence-corrected chi connectivity index (χ1v) is 33.7. The number of aliphatic imine (C=N–C) groups is 1. The van der Waals surface area contributed by atoms with Gasteiger partial charge in [-0.2, -0.15) is 0 Å². The van der Waals surface area contributed by atoms with E-state index in [0.29, 0.717) is 31.3 Å². The number of hydrogen-bond acceptors (Lipinski definition) is 10. The van der Waals surface area contributed by atoms with E-state index < -0.39 is 16.1 Å². The van der Waals surface area contributed by atoms with Crippen molar-refractivity contribution in [1.82, 2.24) is 43.4 Å². The van der Waals surface area contributed by atoms with E-state index in [0.717, 1.165) is 103 Å². The molecule has 0 aliphatic carbocycles. The molecule has 2 aliphatic rings. The summed E-state index contributed by atoms with van der Waals surface area (Å²) in [6, 6.07) is 36.2. The Labute approximate surface area is 452 Å². The van der Waals surface area contributed by atoms with Gasteiger partial charge in [-0.15, -0.1) is 0 Å². The predicted octanol–water partition coefficient (Wildman–Crippen LogP) is 11.9. The Morgan fingerprint density at radius 3 is 1.95 bits per heavy atom. The third kappa shape index (κ3) is 11.4. The maximum absolute atomic E-state index is 12.5. The van der Waals surface area contributed by atoms with Crippen molar-refractivity contribution in [3.63, 3.8) is 0 Å². The van der Waals surface area contributed by atoms with E-state index in [9.17, 15) is 4.79 Å². The summed E-state index contributed by atoms with van der Waals surface area (Å²) in [5, 5.41) is 5.18. The molecule has 0 saturated carbocycles. The molecule has 4 aromatic carbocycles. The lowest BCUT2D eigenvalue weighted by Gasteiger charge is -2.32. The van der Waals surface area contributed by atoms with E-state index in [2.05, 4.69) is 148 Å². The van der Waals surface area contributed by atoms with Gasteiger partial charge < -0.3 is 42.9 Å². The largest absolute Gasteiger partial charge is 0.497 e. The van der Waals surface area contributed by atoms with Gasteiger partial charge in [0, 0.05) is 112 Å². The van der Waals surface area contributed by atoms with Crippen molar-refractivity contribution in [2.45, 2.75) is 76.9 Å². The van der Waals surface area contributed by atoms with Gasteiger partial charge in [0.25, 0.3) is 5.91 Å². The lowest BCUT2D eigenvalue weighted by Crippen LogP contribution is -2.38. The van der Waals surface area contributed by atoms with Crippen LogP contribution in [0, 0.1) is 0 Å². The molecule has 2 atom stereocenters. The zero-order valence-electron chi connectivity index (χ0n) is 45.9. The van der Waals surface area contributed by atoms with Crippen LogP contribution in [0.25, 0.3) is 61.3 Å². The Bertz CT molecular complexity index is 3620. The molecule has 0 spiro atoms. The molecule has 0 fully saturated rings. The standard InChI is InChI=1S/C30H35N5O3Si.C30H35N5O2Si/c1-34-19-25(24-15-23(37-2)11-12-27(24)34)28-16-26-29(35(28)20-38-13-14-39(3,4)5)31-17-22(33-26)18-32-30(36)21-9-7-6-8-10-21;1-33-19-25(24-15-23(36-2)11-12-26(24)33)27-16-28-30(34(27)20-37-13-14-38(3,4)5)32-18-22-17-31-29(35(22)28)21-9-7-6-8-10-21/h6-12,15-17,19H,13-14,18,20H2,1-5H3,(H,32,36);6-12,15-19,28,30H,13-14,20H2,1-5H3. The van der Waals surface area contributed by atoms with Gasteiger partial charge in [-0.05, 0) is 72.8 Å². The van der Waals surface area contributed by atoms with Crippen LogP contribution >= 0.6 is 0 Å². The Kier molecular flexibility index (Phi) is 15.2. The Morgan fingerprint density at radius 2 is 1.31 bits per heavy atom. The van der Waals surface area contributed by atoms with Crippen molar-refractivity contribution in [2.75, 3.05) is 34.2 Å². The molecule has 2 aliphatic heterocycles. The minimum atomic E-state index is -1.22. The summed E-state index contributed by atoms with van der Waals surface area (Å²) in [5.41, 5.74) is 11.5. The van der Waals surface area contributed by atoms with Crippen LogP contribution in [-0.4, -0.2) is 107 Å². The molecule has 11 rings (SSSR count). The van der Waals surface area contributed by atoms with E-state index in [1.165, 1.54) is 0 Å².